The van der Waals surface area contributed by atoms with Crippen molar-refractivity contribution in [3.05, 3.63) is 94.0 Å². The summed E-state index contributed by atoms with van der Waals surface area (Å²) in [4.78, 5) is 68.8. The number of nitrogens with zero attached hydrogens (tertiary/aromatic N) is 1. The molecule has 0 bridgehead atoms. The Morgan fingerprint density at radius 3 is 1.38 bits per heavy atom. The largest absolute Gasteiger partial charge is 0.494 e. The second kappa shape index (κ2) is 14.8. The number of rotatable bonds is 10. The lowest BCUT2D eigenvalue weighted by Gasteiger charge is -2.32. The summed E-state index contributed by atoms with van der Waals surface area (Å²) >= 11 is 0. The van der Waals surface area contributed by atoms with Gasteiger partial charge >= 0.3 is 20.2 Å². The van der Waals surface area contributed by atoms with E-state index >= 15 is 8.78 Å². The Bertz CT molecular complexity index is 1960. The van der Waals surface area contributed by atoms with Crippen molar-refractivity contribution in [1.82, 2.24) is 15.7 Å². The lowest BCUT2D eigenvalue weighted by molar-refractivity contribution is -0.172. The lowest BCUT2D eigenvalue weighted by Crippen LogP contribution is -2.41. The van der Waals surface area contributed by atoms with Gasteiger partial charge in [-0.25, -0.2) is 13.6 Å². The van der Waals surface area contributed by atoms with Gasteiger partial charge in [0, 0.05) is 25.9 Å². The van der Waals surface area contributed by atoms with Crippen molar-refractivity contribution < 1.29 is 56.2 Å². The molecule has 0 aromatic heterocycles. The van der Waals surface area contributed by atoms with Gasteiger partial charge in [-0.05, 0) is 114 Å². The summed E-state index contributed by atoms with van der Waals surface area (Å²) in [5.74, 6) is -5.58. The third-order valence-electron chi connectivity index (χ3n) is 10.9. The van der Waals surface area contributed by atoms with Gasteiger partial charge in [-0.1, -0.05) is 18.2 Å². The lowest BCUT2D eigenvalue weighted by atomic mass is 9.78. The molecule has 3 saturated heterocycles. The van der Waals surface area contributed by atoms with E-state index in [1.165, 1.54) is 48.5 Å². The molecular formula is C39H43B2F2N3O10. The fourth-order valence-electron chi connectivity index (χ4n) is 6.12. The quantitative estimate of drug-likeness (QED) is 0.230. The smallest absolute Gasteiger partial charge is 0.399 e. The third-order valence-corrected chi connectivity index (χ3v) is 10.9. The van der Waals surface area contributed by atoms with Crippen LogP contribution in [0, 0.1) is 11.6 Å². The second-order valence-corrected chi connectivity index (χ2v) is 16.0. The maximum absolute atomic E-state index is 15.3. The van der Waals surface area contributed by atoms with E-state index in [4.69, 9.17) is 23.5 Å². The van der Waals surface area contributed by atoms with Crippen LogP contribution in [0.5, 0.6) is 0 Å². The highest BCUT2D eigenvalue weighted by Crippen LogP contribution is 2.37. The van der Waals surface area contributed by atoms with Gasteiger partial charge < -0.3 is 34.1 Å². The van der Waals surface area contributed by atoms with Crippen LogP contribution in [0.25, 0.3) is 0 Å². The van der Waals surface area contributed by atoms with Gasteiger partial charge in [0.25, 0.3) is 23.6 Å². The maximum atomic E-state index is 15.3. The molecule has 3 aromatic rings. The molecule has 17 heteroatoms. The number of imide groups is 1. The summed E-state index contributed by atoms with van der Waals surface area (Å²) < 4.78 is 54.5. The number of nitrogens with one attached hydrogen (secondary N) is 2. The number of amides is 4. The number of benzene rings is 3. The van der Waals surface area contributed by atoms with Gasteiger partial charge in [0.1, 0.15) is 11.6 Å². The Balaban J connectivity index is 1.17. The van der Waals surface area contributed by atoms with Crippen LogP contribution in [0.4, 0.5) is 8.78 Å². The summed E-state index contributed by atoms with van der Waals surface area (Å²) in [6, 6.07) is 12.3. The van der Waals surface area contributed by atoms with Gasteiger partial charge in [0.15, 0.2) is 0 Å². The van der Waals surface area contributed by atoms with E-state index < -0.39 is 77.9 Å². The molecule has 56 heavy (non-hydrogen) atoms. The van der Waals surface area contributed by atoms with E-state index in [2.05, 4.69) is 10.6 Å². The molecule has 0 unspecified atom stereocenters. The Labute approximate surface area is 323 Å². The summed E-state index contributed by atoms with van der Waals surface area (Å²) in [7, 11) is -1.67. The van der Waals surface area contributed by atoms with Crippen molar-refractivity contribution in [1.29, 1.82) is 0 Å². The molecule has 3 aliphatic rings. The van der Waals surface area contributed by atoms with E-state index in [-0.39, 0.29) is 42.6 Å². The number of hydrogen-bond donors (Lipinski definition) is 2. The fourth-order valence-corrected chi connectivity index (χ4v) is 6.12. The molecule has 0 atom stereocenters. The van der Waals surface area contributed by atoms with Crippen molar-refractivity contribution in [3.63, 3.8) is 0 Å². The van der Waals surface area contributed by atoms with E-state index in [9.17, 15) is 24.0 Å². The van der Waals surface area contributed by atoms with Crippen molar-refractivity contribution in [2.45, 2.75) is 104 Å². The molecule has 2 N–H and O–H groups in total. The molecule has 294 valence electrons. The molecule has 0 spiro atoms. The van der Waals surface area contributed by atoms with Gasteiger partial charge in [-0.15, -0.1) is 5.06 Å². The van der Waals surface area contributed by atoms with Crippen molar-refractivity contribution in [2.75, 3.05) is 0 Å². The summed E-state index contributed by atoms with van der Waals surface area (Å²) in [6.45, 7) is 14.5. The number of hydroxylamine groups is 2. The van der Waals surface area contributed by atoms with Gasteiger partial charge in [0.05, 0.1) is 39.1 Å². The third kappa shape index (κ3) is 8.12. The summed E-state index contributed by atoms with van der Waals surface area (Å²) in [5.41, 5.74) is -1.80. The van der Waals surface area contributed by atoms with Crippen LogP contribution < -0.4 is 21.6 Å². The van der Waals surface area contributed by atoms with Crippen LogP contribution in [0.3, 0.4) is 0 Å². The molecule has 0 aliphatic carbocycles. The number of carbonyl (C=O) groups excluding carboxylic acids is 5. The highest BCUT2D eigenvalue weighted by molar-refractivity contribution is 6.62. The fraction of sp³-hybridized carbons (Fsp3) is 0.410. The van der Waals surface area contributed by atoms with Crippen LogP contribution in [-0.2, 0) is 46.1 Å². The average molecular weight is 773 g/mol. The average Bonchev–Trinajstić information content (AvgIpc) is 3.64. The SMILES string of the molecule is CC1(C)OB(c2ccc(C(=O)NCc3cc(CNC(=O)c4ccc(B5OC(C)(C)C(C)(C)O5)cc4F)cc(C(=O)ON4C(=O)CCC4=O)c3)c(F)c2)OC1(C)C. The Morgan fingerprint density at radius 1 is 0.643 bits per heavy atom. The normalized spacial score (nSPS) is 19.4. The second-order valence-electron chi connectivity index (χ2n) is 16.0. The minimum atomic E-state index is -1.05. The zero-order valence-corrected chi connectivity index (χ0v) is 32.5. The highest BCUT2D eigenvalue weighted by atomic mass is 19.1. The van der Waals surface area contributed by atoms with Crippen molar-refractivity contribution in [3.8, 4) is 0 Å². The first-order chi connectivity index (χ1) is 26.1. The molecule has 3 heterocycles. The topological polar surface area (TPSA) is 159 Å². The minimum Gasteiger partial charge on any atom is -0.399 e. The Hall–Kier alpha value is -4.96. The first-order valence-electron chi connectivity index (χ1n) is 18.1. The molecule has 4 amide bonds. The van der Waals surface area contributed by atoms with Crippen LogP contribution in [-0.4, -0.2) is 71.3 Å². The molecule has 0 radical (unpaired) electrons. The Morgan fingerprint density at radius 2 is 1.02 bits per heavy atom. The predicted molar refractivity (Wildman–Crippen MR) is 200 cm³/mol. The van der Waals surface area contributed by atoms with Gasteiger partial charge in [-0.2, -0.15) is 0 Å². The molecule has 3 aromatic carbocycles. The monoisotopic (exact) mass is 773 g/mol. The zero-order chi connectivity index (χ0) is 41.0. The molecule has 3 aliphatic heterocycles. The predicted octanol–water partition coefficient (Wildman–Crippen LogP) is 3.64. The van der Waals surface area contributed by atoms with Crippen LogP contribution in [0.2, 0.25) is 0 Å². The molecule has 3 fully saturated rings. The molecule has 0 saturated carbocycles. The summed E-state index contributed by atoms with van der Waals surface area (Å²) in [6.07, 6.45) is -0.226. The number of halogens is 2. The standard InChI is InChI=1S/C39H43B2F2N3O10/c1-36(2)37(3,4)54-40(53-36)25-9-11-27(29(42)18-25)33(49)44-20-22-15-23(17-24(16-22)35(51)52-46-31(47)13-14-32(46)48)21-45-34(50)28-12-10-26(19-30(28)43)41-55-38(5,6)39(7,8)56-41/h9-12,15-19H,13-14,20-21H2,1-8H3,(H,44,49)(H,45,50). The van der Waals surface area contributed by atoms with Crippen LogP contribution in [0.1, 0.15) is 110 Å². The Kier molecular flexibility index (Phi) is 10.8. The molecule has 6 rings (SSSR count). The van der Waals surface area contributed by atoms with Crippen LogP contribution in [0.15, 0.2) is 54.6 Å². The van der Waals surface area contributed by atoms with E-state index in [0.717, 1.165) is 0 Å². The van der Waals surface area contributed by atoms with Crippen molar-refractivity contribution in [2.24, 2.45) is 0 Å². The van der Waals surface area contributed by atoms with E-state index in [1.54, 1.807) is 6.07 Å². The van der Waals surface area contributed by atoms with E-state index in [0.29, 0.717) is 27.1 Å². The number of hydrogen-bond acceptors (Lipinski definition) is 10. The van der Waals surface area contributed by atoms with Gasteiger partial charge in [-0.3, -0.25) is 19.2 Å². The first-order valence-corrected chi connectivity index (χ1v) is 18.1. The maximum Gasteiger partial charge on any atom is 0.494 e. The number of carbonyl (C=O) groups is 5. The van der Waals surface area contributed by atoms with Crippen LogP contribution >= 0.6 is 0 Å². The zero-order valence-electron chi connectivity index (χ0n) is 32.5. The van der Waals surface area contributed by atoms with Gasteiger partial charge in [0.2, 0.25) is 0 Å². The van der Waals surface area contributed by atoms with E-state index in [1.807, 2.05) is 55.4 Å². The molecule has 13 nitrogen and oxygen atoms in total. The first kappa shape index (κ1) is 40.7. The minimum absolute atomic E-state index is 0.113. The van der Waals surface area contributed by atoms with Crippen molar-refractivity contribution >= 4 is 54.8 Å². The highest BCUT2D eigenvalue weighted by Gasteiger charge is 2.53. The molecular weight excluding hydrogens is 730 g/mol. The summed E-state index contributed by atoms with van der Waals surface area (Å²) in [5, 5.41) is 5.63.